The number of aromatic hydroxyl groups is 1. The van der Waals surface area contributed by atoms with Crippen molar-refractivity contribution in [2.24, 2.45) is 0 Å². The van der Waals surface area contributed by atoms with Gasteiger partial charge in [-0.15, -0.1) is 11.3 Å². The van der Waals surface area contributed by atoms with Crippen molar-refractivity contribution in [2.45, 2.75) is 20.0 Å². The zero-order valence-corrected chi connectivity index (χ0v) is 12.1. The third-order valence-electron chi connectivity index (χ3n) is 3.29. The number of hydrogen-bond donors (Lipinski definition) is 2. The van der Waals surface area contributed by atoms with E-state index < -0.39 is 0 Å². The first-order chi connectivity index (χ1) is 9.74. The number of aromatic nitrogens is 1. The fourth-order valence-electron chi connectivity index (χ4n) is 2.31. The molecule has 0 amide bonds. The summed E-state index contributed by atoms with van der Waals surface area (Å²) in [5.74, 6) is 0.344. The van der Waals surface area contributed by atoms with Crippen LogP contribution in [0.5, 0.6) is 5.75 Å². The van der Waals surface area contributed by atoms with Gasteiger partial charge in [-0.3, -0.25) is 0 Å². The Morgan fingerprint density at radius 3 is 2.80 bits per heavy atom. The number of phenolic OH excluding ortho intramolecular Hbond substituents is 1. The topological polar surface area (TPSA) is 45.2 Å². The van der Waals surface area contributed by atoms with E-state index in [0.29, 0.717) is 12.3 Å². The number of nitrogens with zero attached hydrogens (tertiary/aromatic N) is 1. The number of phenols is 1. The molecule has 0 saturated heterocycles. The first-order valence-corrected chi connectivity index (χ1v) is 7.37. The molecule has 0 aliphatic carbocycles. The van der Waals surface area contributed by atoms with Gasteiger partial charge in [0.25, 0.3) is 0 Å². The number of aryl methyl sites for hydroxylation is 1. The highest BCUT2D eigenvalue weighted by atomic mass is 32.1. The lowest BCUT2D eigenvalue weighted by Crippen LogP contribution is -2.12. The van der Waals surface area contributed by atoms with Crippen molar-refractivity contribution in [3.8, 4) is 5.75 Å². The van der Waals surface area contributed by atoms with Crippen LogP contribution in [0.3, 0.4) is 0 Å². The van der Waals surface area contributed by atoms with E-state index in [1.807, 2.05) is 37.4 Å². The lowest BCUT2D eigenvalue weighted by molar-refractivity contribution is 0.466. The van der Waals surface area contributed by atoms with Gasteiger partial charge in [-0.25, -0.2) is 4.98 Å². The van der Waals surface area contributed by atoms with Gasteiger partial charge in [0.2, 0.25) is 0 Å². The zero-order chi connectivity index (χ0) is 13.9. The van der Waals surface area contributed by atoms with E-state index in [4.69, 9.17) is 0 Å². The molecule has 1 aromatic heterocycles. The van der Waals surface area contributed by atoms with Gasteiger partial charge < -0.3 is 10.4 Å². The van der Waals surface area contributed by atoms with Gasteiger partial charge in [0.1, 0.15) is 5.75 Å². The molecule has 0 spiro atoms. The highest BCUT2D eigenvalue weighted by Crippen LogP contribution is 2.27. The largest absolute Gasteiger partial charge is 0.508 e. The molecule has 3 aromatic rings. The number of hydrogen-bond acceptors (Lipinski definition) is 4. The predicted molar refractivity (Wildman–Crippen MR) is 83.0 cm³/mol. The highest BCUT2D eigenvalue weighted by molar-refractivity contribution is 7.11. The Bertz CT molecular complexity index is 736. The number of nitrogens with one attached hydrogen (secondary N) is 1. The summed E-state index contributed by atoms with van der Waals surface area (Å²) in [6, 6.07) is 11.8. The smallest absolute Gasteiger partial charge is 0.120 e. The normalized spacial score (nSPS) is 11.1. The van der Waals surface area contributed by atoms with E-state index in [2.05, 4.69) is 16.4 Å². The van der Waals surface area contributed by atoms with Crippen molar-refractivity contribution in [3.63, 3.8) is 0 Å². The van der Waals surface area contributed by atoms with Crippen molar-refractivity contribution in [1.29, 1.82) is 0 Å². The average molecular weight is 284 g/mol. The Morgan fingerprint density at radius 2 is 2.00 bits per heavy atom. The second-order valence-electron chi connectivity index (χ2n) is 4.73. The lowest BCUT2D eigenvalue weighted by atomic mass is 10.0. The Kier molecular flexibility index (Phi) is 3.67. The van der Waals surface area contributed by atoms with Crippen LogP contribution in [0, 0.1) is 6.92 Å². The van der Waals surface area contributed by atoms with Crippen molar-refractivity contribution >= 4 is 22.1 Å². The van der Waals surface area contributed by atoms with Crippen molar-refractivity contribution < 1.29 is 5.11 Å². The van der Waals surface area contributed by atoms with Crippen LogP contribution in [0.4, 0.5) is 0 Å². The monoisotopic (exact) mass is 284 g/mol. The molecule has 0 radical (unpaired) electrons. The van der Waals surface area contributed by atoms with Crippen LogP contribution in [-0.4, -0.2) is 10.1 Å². The summed E-state index contributed by atoms with van der Waals surface area (Å²) in [6.07, 6.45) is 1.90. The minimum atomic E-state index is 0.344. The van der Waals surface area contributed by atoms with Gasteiger partial charge in [0.05, 0.1) is 5.01 Å². The molecule has 0 unspecified atom stereocenters. The van der Waals surface area contributed by atoms with E-state index in [1.165, 1.54) is 4.88 Å². The van der Waals surface area contributed by atoms with Crippen LogP contribution in [0.25, 0.3) is 10.8 Å². The first kappa shape index (κ1) is 13.1. The Hall–Kier alpha value is -1.91. The average Bonchev–Trinajstić information content (AvgIpc) is 2.87. The maximum atomic E-state index is 10.1. The van der Waals surface area contributed by atoms with E-state index in [0.717, 1.165) is 27.9 Å². The fourth-order valence-corrected chi connectivity index (χ4v) is 3.07. The number of fused-ring (bicyclic) bond motifs is 1. The van der Waals surface area contributed by atoms with Gasteiger partial charge in [0.15, 0.2) is 0 Å². The predicted octanol–water partition coefficient (Wildman–Crippen LogP) is 3.60. The molecular weight excluding hydrogens is 268 g/mol. The molecule has 3 rings (SSSR count). The maximum Gasteiger partial charge on any atom is 0.120 e. The van der Waals surface area contributed by atoms with Gasteiger partial charge >= 0.3 is 0 Å². The van der Waals surface area contributed by atoms with E-state index in [9.17, 15) is 5.11 Å². The summed E-state index contributed by atoms with van der Waals surface area (Å²) in [4.78, 5) is 5.45. The van der Waals surface area contributed by atoms with Gasteiger partial charge in [-0.2, -0.15) is 0 Å². The molecule has 3 nitrogen and oxygen atoms in total. The van der Waals surface area contributed by atoms with E-state index in [-0.39, 0.29) is 0 Å². The number of benzene rings is 2. The van der Waals surface area contributed by atoms with E-state index in [1.54, 1.807) is 17.4 Å². The van der Waals surface area contributed by atoms with Crippen LogP contribution in [-0.2, 0) is 13.1 Å². The number of rotatable bonds is 4. The minimum Gasteiger partial charge on any atom is -0.508 e. The Morgan fingerprint density at radius 1 is 1.15 bits per heavy atom. The number of thiazole rings is 1. The lowest BCUT2D eigenvalue weighted by Gasteiger charge is -2.09. The van der Waals surface area contributed by atoms with E-state index >= 15 is 0 Å². The SMILES string of the molecule is Cc1ncc(CNCc2c(O)ccc3ccccc23)s1. The van der Waals surface area contributed by atoms with Crippen LogP contribution in [0.2, 0.25) is 0 Å². The third kappa shape index (κ3) is 2.66. The molecule has 20 heavy (non-hydrogen) atoms. The quantitative estimate of drug-likeness (QED) is 0.769. The molecular formula is C16H16N2OS. The summed E-state index contributed by atoms with van der Waals surface area (Å²) in [5.41, 5.74) is 0.948. The van der Waals surface area contributed by atoms with Crippen LogP contribution in [0.15, 0.2) is 42.6 Å². The summed E-state index contributed by atoms with van der Waals surface area (Å²) in [6.45, 7) is 3.42. The molecule has 102 valence electrons. The summed E-state index contributed by atoms with van der Waals surface area (Å²) >= 11 is 1.69. The third-order valence-corrected chi connectivity index (χ3v) is 4.20. The zero-order valence-electron chi connectivity index (χ0n) is 11.3. The van der Waals surface area contributed by atoms with Crippen molar-refractivity contribution in [3.05, 3.63) is 58.0 Å². The Balaban J connectivity index is 1.78. The molecule has 1 heterocycles. The molecule has 0 atom stereocenters. The molecule has 2 aromatic carbocycles. The van der Waals surface area contributed by atoms with Crippen LogP contribution < -0.4 is 5.32 Å². The standard InChI is InChI=1S/C16H16N2OS/c1-11-18-9-13(20-11)8-17-10-15-14-5-3-2-4-12(14)6-7-16(15)19/h2-7,9,17,19H,8,10H2,1H3. The summed E-state index contributed by atoms with van der Waals surface area (Å²) in [5, 5.41) is 16.8. The fraction of sp³-hybridized carbons (Fsp3) is 0.188. The molecule has 0 aliphatic rings. The summed E-state index contributed by atoms with van der Waals surface area (Å²) < 4.78 is 0. The van der Waals surface area contributed by atoms with Gasteiger partial charge in [-0.1, -0.05) is 30.3 Å². The van der Waals surface area contributed by atoms with Crippen LogP contribution in [0.1, 0.15) is 15.4 Å². The maximum absolute atomic E-state index is 10.1. The van der Waals surface area contributed by atoms with Gasteiger partial charge in [0, 0.05) is 29.7 Å². The molecule has 0 saturated carbocycles. The molecule has 4 heteroatoms. The van der Waals surface area contributed by atoms with Crippen LogP contribution >= 0.6 is 11.3 Å². The highest BCUT2D eigenvalue weighted by Gasteiger charge is 2.06. The minimum absolute atomic E-state index is 0.344. The molecule has 2 N–H and O–H groups in total. The van der Waals surface area contributed by atoms with Gasteiger partial charge in [-0.05, 0) is 23.8 Å². The Labute approximate surface area is 121 Å². The first-order valence-electron chi connectivity index (χ1n) is 6.55. The second-order valence-corrected chi connectivity index (χ2v) is 6.05. The molecule has 0 bridgehead atoms. The summed E-state index contributed by atoms with van der Waals surface area (Å²) in [7, 11) is 0. The molecule has 0 aliphatic heterocycles. The second kappa shape index (κ2) is 5.61. The molecule has 0 fully saturated rings. The van der Waals surface area contributed by atoms with Crippen molar-refractivity contribution in [2.75, 3.05) is 0 Å². The van der Waals surface area contributed by atoms with Crippen molar-refractivity contribution in [1.82, 2.24) is 10.3 Å².